The fourth-order valence-electron chi connectivity index (χ4n) is 4.14. The van der Waals surface area contributed by atoms with E-state index in [1.807, 2.05) is 42.5 Å². The summed E-state index contributed by atoms with van der Waals surface area (Å²) in [5.74, 6) is -0.136. The molecular weight excluding hydrogens is 432 g/mol. The van der Waals surface area contributed by atoms with Gasteiger partial charge in [0.15, 0.2) is 6.61 Å². The van der Waals surface area contributed by atoms with Crippen LogP contribution >= 0.6 is 0 Å². The number of hydrogen-bond acceptors (Lipinski definition) is 6. The molecular formula is C27H22N2O5. The Hall–Kier alpha value is -4.39. The van der Waals surface area contributed by atoms with E-state index in [9.17, 15) is 14.7 Å². The summed E-state index contributed by atoms with van der Waals surface area (Å²) in [7, 11) is 0. The molecule has 0 saturated heterocycles. The van der Waals surface area contributed by atoms with Gasteiger partial charge in [0, 0.05) is 5.39 Å². The first-order valence-electron chi connectivity index (χ1n) is 11.0. The van der Waals surface area contributed by atoms with E-state index in [1.54, 1.807) is 24.3 Å². The number of benzene rings is 2. The number of ether oxygens (including phenoxy) is 1. The minimum absolute atomic E-state index is 0.205. The Morgan fingerprint density at radius 3 is 2.68 bits per heavy atom. The number of rotatable bonds is 6. The van der Waals surface area contributed by atoms with Crippen molar-refractivity contribution in [2.24, 2.45) is 0 Å². The average Bonchev–Trinajstić information content (AvgIpc) is 3.51. The minimum atomic E-state index is -0.547. The van der Waals surface area contributed by atoms with Gasteiger partial charge in [-0.15, -0.1) is 0 Å². The van der Waals surface area contributed by atoms with Crippen LogP contribution in [0.2, 0.25) is 0 Å². The molecule has 7 heteroatoms. The Balaban J connectivity index is 1.41. The van der Waals surface area contributed by atoms with Crippen LogP contribution in [0.1, 0.15) is 39.4 Å². The van der Waals surface area contributed by atoms with Gasteiger partial charge in [0.1, 0.15) is 11.5 Å². The number of amides is 1. The van der Waals surface area contributed by atoms with Crippen LogP contribution in [0.4, 0.5) is 0 Å². The number of phenols is 1. The highest BCUT2D eigenvalue weighted by Gasteiger charge is 2.28. The second-order valence-electron chi connectivity index (χ2n) is 8.02. The highest BCUT2D eigenvalue weighted by atomic mass is 16.5. The zero-order chi connectivity index (χ0) is 23.5. The second kappa shape index (κ2) is 9.23. The molecule has 170 valence electrons. The van der Waals surface area contributed by atoms with Crippen molar-refractivity contribution in [2.75, 3.05) is 6.61 Å². The van der Waals surface area contributed by atoms with Crippen LogP contribution in [0.5, 0.6) is 5.75 Å². The number of hydrogen-bond donors (Lipinski definition) is 2. The van der Waals surface area contributed by atoms with Gasteiger partial charge in [0.25, 0.3) is 5.91 Å². The normalized spacial score (nSPS) is 13.7. The van der Waals surface area contributed by atoms with E-state index < -0.39 is 11.9 Å². The van der Waals surface area contributed by atoms with E-state index in [2.05, 4.69) is 5.32 Å². The van der Waals surface area contributed by atoms with E-state index in [1.165, 1.54) is 6.26 Å². The van der Waals surface area contributed by atoms with Gasteiger partial charge in [-0.1, -0.05) is 30.3 Å². The van der Waals surface area contributed by atoms with Gasteiger partial charge < -0.3 is 19.6 Å². The smallest absolute Gasteiger partial charge is 0.339 e. The number of pyridine rings is 1. The van der Waals surface area contributed by atoms with Crippen molar-refractivity contribution in [3.8, 4) is 5.75 Å². The first-order chi connectivity index (χ1) is 16.6. The van der Waals surface area contributed by atoms with E-state index >= 15 is 0 Å². The van der Waals surface area contributed by atoms with Gasteiger partial charge >= 0.3 is 5.97 Å². The number of nitrogens with zero attached hydrogens (tertiary/aromatic N) is 1. The van der Waals surface area contributed by atoms with Gasteiger partial charge in [-0.2, -0.15) is 0 Å². The Kier molecular flexibility index (Phi) is 5.82. The van der Waals surface area contributed by atoms with Crippen molar-refractivity contribution < 1.29 is 23.8 Å². The number of aromatic hydroxyl groups is 1. The molecule has 0 atom stereocenters. The standard InChI is InChI=1S/C27H22N2O5/c30-19-10-7-17(8-11-19)14-18-9-12-22-25(21-5-1-2-6-23(21)29-26(18)22)27(32)34-16-24(31)28-15-20-4-3-13-33-20/h1-8,10-11,13-14,30H,9,12,15-16H2,(H,28,31). The van der Waals surface area contributed by atoms with Gasteiger partial charge in [-0.05, 0) is 65.9 Å². The van der Waals surface area contributed by atoms with Crippen molar-refractivity contribution in [2.45, 2.75) is 19.4 Å². The summed E-state index contributed by atoms with van der Waals surface area (Å²) in [5.41, 5.74) is 4.68. The molecule has 0 bridgehead atoms. The summed E-state index contributed by atoms with van der Waals surface area (Å²) in [6.07, 6.45) is 4.92. The molecule has 34 heavy (non-hydrogen) atoms. The highest BCUT2D eigenvalue weighted by Crippen LogP contribution is 2.37. The van der Waals surface area contributed by atoms with Gasteiger partial charge in [-0.25, -0.2) is 9.78 Å². The zero-order valence-electron chi connectivity index (χ0n) is 18.3. The third-order valence-corrected chi connectivity index (χ3v) is 5.75. The number of aromatic nitrogens is 1. The summed E-state index contributed by atoms with van der Waals surface area (Å²) in [4.78, 5) is 30.2. The fourth-order valence-corrected chi connectivity index (χ4v) is 4.14. The molecule has 0 spiro atoms. The summed E-state index contributed by atoms with van der Waals surface area (Å²) in [5, 5.41) is 12.9. The molecule has 0 unspecified atom stereocenters. The molecule has 2 heterocycles. The number of furan rings is 1. The van der Waals surface area contributed by atoms with Crippen molar-refractivity contribution in [1.29, 1.82) is 0 Å². The number of esters is 1. The SMILES string of the molecule is O=C(COC(=O)c1c2c(nc3ccccc13)C(=Cc1ccc(O)cc1)CC2)NCc1ccco1. The van der Waals surface area contributed by atoms with Crippen LogP contribution in [-0.2, 0) is 22.5 Å². The summed E-state index contributed by atoms with van der Waals surface area (Å²) in [6, 6.07) is 17.9. The number of carbonyl (C=O) groups is 2. The lowest BCUT2D eigenvalue weighted by Gasteiger charge is -2.12. The molecule has 5 rings (SSSR count). The molecule has 2 aromatic heterocycles. The van der Waals surface area contributed by atoms with Crippen molar-refractivity contribution in [1.82, 2.24) is 10.3 Å². The van der Waals surface area contributed by atoms with Crippen molar-refractivity contribution >= 4 is 34.4 Å². The number of fused-ring (bicyclic) bond motifs is 2. The van der Waals surface area contributed by atoms with Gasteiger partial charge in [-0.3, -0.25) is 4.79 Å². The average molecular weight is 454 g/mol. The molecule has 1 aliphatic rings. The Morgan fingerprint density at radius 1 is 1.06 bits per heavy atom. The number of carbonyl (C=O) groups excluding carboxylic acids is 2. The number of allylic oxidation sites excluding steroid dienone is 1. The maximum Gasteiger partial charge on any atom is 0.339 e. The Bertz CT molecular complexity index is 1390. The van der Waals surface area contributed by atoms with E-state index in [0.717, 1.165) is 28.8 Å². The molecule has 1 amide bonds. The highest BCUT2D eigenvalue weighted by molar-refractivity contribution is 6.07. The topological polar surface area (TPSA) is 102 Å². The predicted octanol–water partition coefficient (Wildman–Crippen LogP) is 4.49. The second-order valence-corrected chi connectivity index (χ2v) is 8.02. The monoisotopic (exact) mass is 454 g/mol. The predicted molar refractivity (Wildman–Crippen MR) is 127 cm³/mol. The molecule has 0 aliphatic heterocycles. The summed E-state index contributed by atoms with van der Waals surface area (Å²) >= 11 is 0. The van der Waals surface area contributed by atoms with Crippen LogP contribution in [0.3, 0.4) is 0 Å². The molecule has 0 saturated carbocycles. The van der Waals surface area contributed by atoms with Gasteiger partial charge in [0.2, 0.25) is 0 Å². The fraction of sp³-hybridized carbons (Fsp3) is 0.148. The largest absolute Gasteiger partial charge is 0.508 e. The van der Waals surface area contributed by atoms with Crippen LogP contribution in [0.15, 0.2) is 71.3 Å². The quantitative estimate of drug-likeness (QED) is 0.416. The third kappa shape index (κ3) is 4.41. The lowest BCUT2D eigenvalue weighted by atomic mass is 10.0. The number of nitrogens with one attached hydrogen (secondary N) is 1. The molecule has 0 fully saturated rings. The van der Waals surface area contributed by atoms with Crippen molar-refractivity contribution in [3.63, 3.8) is 0 Å². The van der Waals surface area contributed by atoms with Crippen LogP contribution in [0.25, 0.3) is 22.6 Å². The first kappa shape index (κ1) is 21.5. The third-order valence-electron chi connectivity index (χ3n) is 5.75. The Morgan fingerprint density at radius 2 is 1.88 bits per heavy atom. The molecule has 7 nitrogen and oxygen atoms in total. The zero-order valence-corrected chi connectivity index (χ0v) is 18.3. The minimum Gasteiger partial charge on any atom is -0.508 e. The van der Waals surface area contributed by atoms with Crippen LogP contribution in [-0.4, -0.2) is 28.6 Å². The summed E-state index contributed by atoms with van der Waals surface area (Å²) in [6.45, 7) is -0.163. The first-order valence-corrected chi connectivity index (χ1v) is 11.0. The van der Waals surface area contributed by atoms with E-state index in [-0.39, 0.29) is 18.9 Å². The lowest BCUT2D eigenvalue weighted by molar-refractivity contribution is -0.124. The van der Waals surface area contributed by atoms with Crippen molar-refractivity contribution in [3.05, 3.63) is 95.1 Å². The molecule has 4 aromatic rings. The van der Waals surface area contributed by atoms with E-state index in [4.69, 9.17) is 14.1 Å². The lowest BCUT2D eigenvalue weighted by Crippen LogP contribution is -2.28. The van der Waals surface area contributed by atoms with Crippen LogP contribution in [0, 0.1) is 0 Å². The van der Waals surface area contributed by atoms with E-state index in [0.29, 0.717) is 28.6 Å². The van der Waals surface area contributed by atoms with Gasteiger partial charge in [0.05, 0.1) is 29.6 Å². The Labute approximate surface area is 195 Å². The molecule has 2 aromatic carbocycles. The molecule has 0 radical (unpaired) electrons. The number of para-hydroxylation sites is 1. The maximum absolute atomic E-state index is 13.2. The van der Waals surface area contributed by atoms with Crippen LogP contribution < -0.4 is 5.32 Å². The number of phenolic OH excluding ortho intramolecular Hbond substituents is 1. The maximum atomic E-state index is 13.2. The molecule has 2 N–H and O–H groups in total. The summed E-state index contributed by atoms with van der Waals surface area (Å²) < 4.78 is 10.6. The molecule has 1 aliphatic carbocycles.